The average Bonchev–Trinajstić information content (AvgIpc) is 2.96. The zero-order valence-electron chi connectivity index (χ0n) is 12.5. The Bertz CT molecular complexity index is 412. The van der Waals surface area contributed by atoms with E-state index < -0.39 is 11.0 Å². The minimum atomic E-state index is -0.912. The van der Waals surface area contributed by atoms with Crippen LogP contribution in [-0.4, -0.2) is 59.4 Å². The zero-order chi connectivity index (χ0) is 15.5. The molecule has 0 aromatic heterocycles. The average molecular weight is 299 g/mol. The fourth-order valence-electron chi connectivity index (χ4n) is 3.44. The molecule has 21 heavy (non-hydrogen) atoms. The summed E-state index contributed by atoms with van der Waals surface area (Å²) in [6.07, 6.45) is 3.98. The molecule has 7 nitrogen and oxygen atoms in total. The van der Waals surface area contributed by atoms with Crippen molar-refractivity contribution in [3.05, 3.63) is 0 Å². The first-order valence-electron chi connectivity index (χ1n) is 7.47. The van der Waals surface area contributed by atoms with Crippen LogP contribution in [0.15, 0.2) is 5.16 Å². The Labute approximate surface area is 124 Å². The van der Waals surface area contributed by atoms with Crippen LogP contribution in [0.4, 0.5) is 0 Å². The summed E-state index contributed by atoms with van der Waals surface area (Å²) in [5.74, 6) is -0.189. The van der Waals surface area contributed by atoms with Crippen molar-refractivity contribution in [2.24, 2.45) is 16.3 Å². The molecule has 0 unspecified atom stereocenters. The highest BCUT2D eigenvalue weighted by molar-refractivity contribution is 6.06. The summed E-state index contributed by atoms with van der Waals surface area (Å²) in [5.41, 5.74) is 3.97. The first kappa shape index (κ1) is 16.0. The van der Waals surface area contributed by atoms with Crippen molar-refractivity contribution >= 4 is 11.7 Å². The third-order valence-electron chi connectivity index (χ3n) is 4.77. The van der Waals surface area contributed by atoms with Gasteiger partial charge in [-0.05, 0) is 12.8 Å². The molecule has 2 rings (SSSR count). The molecule has 7 heteroatoms. The molecule has 4 N–H and O–H groups in total. The molecule has 0 aromatic rings. The Morgan fingerprint density at radius 1 is 1.29 bits per heavy atom. The second-order valence-electron chi connectivity index (χ2n) is 6.27. The number of nitrogens with zero attached hydrogens (tertiary/aromatic N) is 2. The SMILES string of the molecule is CN(CC1(O)CCOCC1)C(=O)C1(C(N)=NO)CCCC1. The third kappa shape index (κ3) is 3.13. The van der Waals surface area contributed by atoms with Crippen molar-refractivity contribution < 1.29 is 19.8 Å². The van der Waals surface area contributed by atoms with E-state index in [1.807, 2.05) is 0 Å². The minimum Gasteiger partial charge on any atom is -0.409 e. The number of amidine groups is 1. The fourth-order valence-corrected chi connectivity index (χ4v) is 3.44. The molecule has 1 amide bonds. The number of nitrogens with two attached hydrogens (primary N) is 1. The number of ether oxygens (including phenoxy) is 1. The predicted octanol–water partition coefficient (Wildman–Crippen LogP) is 0.293. The Hall–Kier alpha value is -1.34. The highest BCUT2D eigenvalue weighted by Crippen LogP contribution is 2.40. The van der Waals surface area contributed by atoms with Crippen LogP contribution in [0.25, 0.3) is 0 Å². The molecule has 0 aromatic carbocycles. The molecule has 120 valence electrons. The van der Waals surface area contributed by atoms with Gasteiger partial charge in [-0.1, -0.05) is 18.0 Å². The molecule has 2 fully saturated rings. The van der Waals surface area contributed by atoms with Gasteiger partial charge in [0, 0.05) is 39.6 Å². The molecule has 1 saturated heterocycles. The molecule has 1 aliphatic heterocycles. The number of carbonyl (C=O) groups is 1. The summed E-state index contributed by atoms with van der Waals surface area (Å²) in [4.78, 5) is 14.3. The zero-order valence-corrected chi connectivity index (χ0v) is 12.5. The molecule has 1 aliphatic carbocycles. The topological polar surface area (TPSA) is 108 Å². The second kappa shape index (κ2) is 6.19. The van der Waals surface area contributed by atoms with E-state index in [1.54, 1.807) is 7.05 Å². The Kier molecular flexibility index (Phi) is 4.73. The molecular formula is C14H25N3O4. The number of rotatable bonds is 4. The van der Waals surface area contributed by atoms with Gasteiger partial charge < -0.3 is 25.7 Å². The molecular weight excluding hydrogens is 274 g/mol. The van der Waals surface area contributed by atoms with Crippen LogP contribution in [0.5, 0.6) is 0 Å². The Morgan fingerprint density at radius 3 is 2.38 bits per heavy atom. The Morgan fingerprint density at radius 2 is 1.86 bits per heavy atom. The molecule has 0 radical (unpaired) electrons. The van der Waals surface area contributed by atoms with E-state index in [0.29, 0.717) is 38.9 Å². The lowest BCUT2D eigenvalue weighted by atomic mass is 9.82. The summed E-state index contributed by atoms with van der Waals surface area (Å²) < 4.78 is 5.25. The fraction of sp³-hybridized carbons (Fsp3) is 0.857. The number of hydrogen-bond acceptors (Lipinski definition) is 5. The molecule has 2 aliphatic rings. The normalized spacial score (nSPS) is 24.8. The van der Waals surface area contributed by atoms with Gasteiger partial charge >= 0.3 is 0 Å². The van der Waals surface area contributed by atoms with Crippen LogP contribution in [-0.2, 0) is 9.53 Å². The van der Waals surface area contributed by atoms with Gasteiger partial charge in [0.25, 0.3) is 0 Å². The van der Waals surface area contributed by atoms with Crippen molar-refractivity contribution in [2.75, 3.05) is 26.8 Å². The van der Waals surface area contributed by atoms with Gasteiger partial charge in [0.05, 0.1) is 5.60 Å². The molecule has 0 bridgehead atoms. The van der Waals surface area contributed by atoms with E-state index >= 15 is 0 Å². The number of hydrogen-bond donors (Lipinski definition) is 3. The summed E-state index contributed by atoms with van der Waals surface area (Å²) in [6.45, 7) is 1.25. The summed E-state index contributed by atoms with van der Waals surface area (Å²) >= 11 is 0. The van der Waals surface area contributed by atoms with Gasteiger partial charge in [0.2, 0.25) is 5.91 Å². The van der Waals surface area contributed by atoms with Crippen LogP contribution in [0.3, 0.4) is 0 Å². The van der Waals surface area contributed by atoms with Crippen LogP contribution in [0.1, 0.15) is 38.5 Å². The van der Waals surface area contributed by atoms with Gasteiger partial charge in [-0.15, -0.1) is 0 Å². The molecule has 0 atom stereocenters. The number of amides is 1. The highest BCUT2D eigenvalue weighted by Gasteiger charge is 2.48. The van der Waals surface area contributed by atoms with E-state index in [-0.39, 0.29) is 18.3 Å². The maximum Gasteiger partial charge on any atom is 0.236 e. The van der Waals surface area contributed by atoms with Crippen molar-refractivity contribution in [2.45, 2.75) is 44.1 Å². The largest absolute Gasteiger partial charge is 0.409 e. The van der Waals surface area contributed by atoms with E-state index in [0.717, 1.165) is 12.8 Å². The summed E-state index contributed by atoms with van der Waals surface area (Å²) in [7, 11) is 1.67. The van der Waals surface area contributed by atoms with Crippen molar-refractivity contribution in [3.8, 4) is 0 Å². The van der Waals surface area contributed by atoms with Crippen LogP contribution in [0, 0.1) is 5.41 Å². The van der Waals surface area contributed by atoms with E-state index in [2.05, 4.69) is 5.16 Å². The van der Waals surface area contributed by atoms with Crippen molar-refractivity contribution in [3.63, 3.8) is 0 Å². The van der Waals surface area contributed by atoms with E-state index in [9.17, 15) is 9.90 Å². The van der Waals surface area contributed by atoms with Crippen LogP contribution >= 0.6 is 0 Å². The lowest BCUT2D eigenvalue weighted by molar-refractivity contribution is -0.143. The van der Waals surface area contributed by atoms with Gasteiger partial charge in [0.1, 0.15) is 5.41 Å². The number of aliphatic hydroxyl groups is 1. The van der Waals surface area contributed by atoms with Gasteiger partial charge in [0.15, 0.2) is 5.84 Å². The van der Waals surface area contributed by atoms with E-state index in [1.165, 1.54) is 4.90 Å². The molecule has 1 saturated carbocycles. The highest BCUT2D eigenvalue weighted by atomic mass is 16.5. The van der Waals surface area contributed by atoms with Crippen LogP contribution < -0.4 is 5.73 Å². The Balaban J connectivity index is 2.10. The standard InChI is InChI=1S/C14H25N3O4/c1-17(10-13(19)6-8-21-9-7-13)12(18)14(11(15)16-20)4-2-3-5-14/h19-20H,2-10H2,1H3,(H2,15,16). The maximum atomic E-state index is 12.8. The van der Waals surface area contributed by atoms with Crippen LogP contribution in [0.2, 0.25) is 0 Å². The lowest BCUT2D eigenvalue weighted by Gasteiger charge is -2.38. The minimum absolute atomic E-state index is 0.0178. The quantitative estimate of drug-likeness (QED) is 0.299. The smallest absolute Gasteiger partial charge is 0.236 e. The predicted molar refractivity (Wildman–Crippen MR) is 76.9 cm³/mol. The van der Waals surface area contributed by atoms with Gasteiger partial charge in [-0.25, -0.2) is 0 Å². The molecule has 1 heterocycles. The molecule has 0 spiro atoms. The first-order valence-corrected chi connectivity index (χ1v) is 7.47. The number of carbonyl (C=O) groups excluding carboxylic acids is 1. The number of likely N-dealkylation sites (N-methyl/N-ethyl adjacent to an activating group) is 1. The lowest BCUT2D eigenvalue weighted by Crippen LogP contribution is -2.54. The van der Waals surface area contributed by atoms with Crippen molar-refractivity contribution in [1.82, 2.24) is 4.90 Å². The van der Waals surface area contributed by atoms with Gasteiger partial charge in [-0.2, -0.15) is 0 Å². The second-order valence-corrected chi connectivity index (χ2v) is 6.27. The summed E-state index contributed by atoms with van der Waals surface area (Å²) in [6, 6.07) is 0. The first-order chi connectivity index (χ1) is 9.93. The monoisotopic (exact) mass is 299 g/mol. The third-order valence-corrected chi connectivity index (χ3v) is 4.77. The van der Waals surface area contributed by atoms with Crippen molar-refractivity contribution in [1.29, 1.82) is 0 Å². The van der Waals surface area contributed by atoms with E-state index in [4.69, 9.17) is 15.7 Å². The maximum absolute atomic E-state index is 12.8. The van der Waals surface area contributed by atoms with Gasteiger partial charge in [-0.3, -0.25) is 4.79 Å². The summed E-state index contributed by atoms with van der Waals surface area (Å²) in [5, 5.41) is 22.6. The number of oxime groups is 1.